The van der Waals surface area contributed by atoms with Crippen LogP contribution < -0.4 is 0 Å². The van der Waals surface area contributed by atoms with E-state index in [-0.39, 0.29) is 0 Å². The van der Waals surface area contributed by atoms with Gasteiger partial charge < -0.3 is 4.90 Å². The third-order valence-corrected chi connectivity index (χ3v) is 2.97. The zero-order valence-corrected chi connectivity index (χ0v) is 7.05. The molecular formula is C9H15NO. The molecule has 11 heavy (non-hydrogen) atoms. The van der Waals surface area contributed by atoms with Crippen LogP contribution in [0.5, 0.6) is 0 Å². The van der Waals surface area contributed by atoms with Gasteiger partial charge in [0.15, 0.2) is 0 Å². The molecule has 1 saturated carbocycles. The molecule has 1 aliphatic heterocycles. The van der Waals surface area contributed by atoms with E-state index < -0.39 is 0 Å². The van der Waals surface area contributed by atoms with Gasteiger partial charge >= 0.3 is 0 Å². The average molecular weight is 153 g/mol. The lowest BCUT2D eigenvalue weighted by atomic mass is 9.76. The summed E-state index contributed by atoms with van der Waals surface area (Å²) in [7, 11) is 2.07. The molecular weight excluding hydrogens is 138 g/mol. The summed E-state index contributed by atoms with van der Waals surface area (Å²) in [5, 5.41) is 0. The van der Waals surface area contributed by atoms with Gasteiger partial charge in [-0.25, -0.2) is 0 Å². The number of Topliss-reactive ketones (excluding diaryl/α,β-unsaturated/α-hetero) is 1. The summed E-state index contributed by atoms with van der Waals surface area (Å²) in [5.41, 5.74) is 0. The zero-order valence-electron chi connectivity index (χ0n) is 7.05. The number of rotatable bonds is 2. The maximum Gasteiger partial charge on any atom is 0.141 e. The average Bonchev–Trinajstić information content (AvgIpc) is 1.76. The highest BCUT2D eigenvalue weighted by Gasteiger charge is 2.36. The van der Waals surface area contributed by atoms with E-state index in [4.69, 9.17) is 0 Å². The van der Waals surface area contributed by atoms with Gasteiger partial charge in [-0.3, -0.25) is 4.79 Å². The molecule has 62 valence electrons. The van der Waals surface area contributed by atoms with Crippen LogP contribution in [0.25, 0.3) is 0 Å². The van der Waals surface area contributed by atoms with E-state index in [9.17, 15) is 4.79 Å². The van der Waals surface area contributed by atoms with Crippen LogP contribution in [0.3, 0.4) is 0 Å². The first-order valence-corrected chi connectivity index (χ1v) is 4.49. The lowest BCUT2D eigenvalue weighted by Gasteiger charge is -2.38. The van der Waals surface area contributed by atoms with Crippen molar-refractivity contribution >= 4 is 5.78 Å². The van der Waals surface area contributed by atoms with Crippen molar-refractivity contribution in [1.82, 2.24) is 4.90 Å². The standard InChI is InChI=1S/C9H15NO/c1-10-5-8(6-10)9(11)7-3-2-4-7/h7-8H,2-6H2,1H3. The van der Waals surface area contributed by atoms with E-state index in [1.807, 2.05) is 0 Å². The number of ketones is 1. The van der Waals surface area contributed by atoms with Gasteiger partial charge in [0.05, 0.1) is 0 Å². The molecule has 2 rings (SSSR count). The molecule has 0 bridgehead atoms. The van der Waals surface area contributed by atoms with Crippen LogP contribution in [0.15, 0.2) is 0 Å². The second kappa shape index (κ2) is 2.59. The molecule has 2 aliphatic rings. The van der Waals surface area contributed by atoms with Gasteiger partial charge in [0.1, 0.15) is 5.78 Å². The molecule has 0 aromatic heterocycles. The van der Waals surface area contributed by atoms with Gasteiger partial charge in [0.25, 0.3) is 0 Å². The Hall–Kier alpha value is -0.370. The van der Waals surface area contributed by atoms with Crippen LogP contribution in [0, 0.1) is 11.8 Å². The Morgan fingerprint density at radius 1 is 1.27 bits per heavy atom. The Morgan fingerprint density at radius 3 is 2.27 bits per heavy atom. The van der Waals surface area contributed by atoms with Gasteiger partial charge in [-0.1, -0.05) is 6.42 Å². The number of hydrogen-bond acceptors (Lipinski definition) is 2. The van der Waals surface area contributed by atoms with Gasteiger partial charge in [-0.05, 0) is 19.9 Å². The largest absolute Gasteiger partial charge is 0.305 e. The summed E-state index contributed by atoms with van der Waals surface area (Å²) >= 11 is 0. The highest BCUT2D eigenvalue weighted by molar-refractivity contribution is 5.85. The molecule has 0 unspecified atom stereocenters. The SMILES string of the molecule is CN1CC(C(=O)C2CCC2)C1. The Labute approximate surface area is 67.6 Å². The Balaban J connectivity index is 1.81. The molecule has 0 spiro atoms. The second-order valence-electron chi connectivity index (χ2n) is 3.95. The lowest BCUT2D eigenvalue weighted by Crippen LogP contribution is -2.50. The minimum absolute atomic E-state index is 0.394. The summed E-state index contributed by atoms with van der Waals surface area (Å²) < 4.78 is 0. The predicted octanol–water partition coefficient (Wildman–Crippen LogP) is 0.917. The fourth-order valence-electron chi connectivity index (χ4n) is 1.91. The van der Waals surface area contributed by atoms with Crippen molar-refractivity contribution < 1.29 is 4.79 Å². The zero-order chi connectivity index (χ0) is 7.84. The molecule has 0 atom stereocenters. The molecule has 2 heteroatoms. The molecule has 0 aromatic carbocycles. The topological polar surface area (TPSA) is 20.3 Å². The molecule has 2 fully saturated rings. The number of carbonyl (C=O) groups excluding carboxylic acids is 1. The molecule has 0 amide bonds. The Morgan fingerprint density at radius 2 is 1.91 bits per heavy atom. The normalized spacial score (nSPS) is 27.7. The highest BCUT2D eigenvalue weighted by atomic mass is 16.1. The molecule has 0 radical (unpaired) electrons. The second-order valence-corrected chi connectivity index (χ2v) is 3.95. The summed E-state index contributed by atoms with van der Waals surface area (Å²) in [6.45, 7) is 2.02. The van der Waals surface area contributed by atoms with E-state index in [2.05, 4.69) is 11.9 Å². The van der Waals surface area contributed by atoms with Crippen molar-refractivity contribution in [1.29, 1.82) is 0 Å². The maximum atomic E-state index is 11.5. The van der Waals surface area contributed by atoms with E-state index in [1.165, 1.54) is 19.3 Å². The fraction of sp³-hybridized carbons (Fsp3) is 0.889. The third-order valence-electron chi connectivity index (χ3n) is 2.97. The van der Waals surface area contributed by atoms with E-state index in [0.717, 1.165) is 13.1 Å². The smallest absolute Gasteiger partial charge is 0.141 e. The van der Waals surface area contributed by atoms with Crippen molar-refractivity contribution in [2.75, 3.05) is 20.1 Å². The van der Waals surface area contributed by atoms with Crippen LogP contribution in [0.1, 0.15) is 19.3 Å². The molecule has 0 aromatic rings. The van der Waals surface area contributed by atoms with Crippen LogP contribution in [0.2, 0.25) is 0 Å². The van der Waals surface area contributed by atoms with Gasteiger partial charge in [-0.15, -0.1) is 0 Å². The first-order chi connectivity index (χ1) is 5.27. The van der Waals surface area contributed by atoms with Crippen molar-refractivity contribution in [3.05, 3.63) is 0 Å². The number of likely N-dealkylation sites (tertiary alicyclic amines) is 1. The van der Waals surface area contributed by atoms with Gasteiger partial charge in [0, 0.05) is 24.9 Å². The molecule has 1 aliphatic carbocycles. The van der Waals surface area contributed by atoms with Crippen LogP contribution in [-0.2, 0) is 4.79 Å². The molecule has 0 N–H and O–H groups in total. The fourth-order valence-corrected chi connectivity index (χ4v) is 1.91. The monoisotopic (exact) mass is 153 g/mol. The van der Waals surface area contributed by atoms with E-state index in [0.29, 0.717) is 17.6 Å². The third kappa shape index (κ3) is 1.20. The van der Waals surface area contributed by atoms with Crippen molar-refractivity contribution in [3.8, 4) is 0 Å². The Kier molecular flexibility index (Phi) is 1.72. The number of hydrogen-bond donors (Lipinski definition) is 0. The van der Waals surface area contributed by atoms with Crippen molar-refractivity contribution in [3.63, 3.8) is 0 Å². The summed E-state index contributed by atoms with van der Waals surface area (Å²) in [6.07, 6.45) is 3.61. The maximum absolute atomic E-state index is 11.5. The Bertz CT molecular complexity index is 168. The first-order valence-electron chi connectivity index (χ1n) is 4.49. The van der Waals surface area contributed by atoms with E-state index in [1.54, 1.807) is 0 Å². The first kappa shape index (κ1) is 7.29. The summed E-state index contributed by atoms with van der Waals surface area (Å²) in [4.78, 5) is 13.7. The molecule has 2 nitrogen and oxygen atoms in total. The lowest BCUT2D eigenvalue weighted by molar-refractivity contribution is -0.133. The molecule has 1 saturated heterocycles. The predicted molar refractivity (Wildman–Crippen MR) is 43.3 cm³/mol. The van der Waals surface area contributed by atoms with Gasteiger partial charge in [-0.2, -0.15) is 0 Å². The highest BCUT2D eigenvalue weighted by Crippen LogP contribution is 2.31. The van der Waals surface area contributed by atoms with Crippen LogP contribution >= 0.6 is 0 Å². The van der Waals surface area contributed by atoms with Crippen molar-refractivity contribution in [2.45, 2.75) is 19.3 Å². The quantitative estimate of drug-likeness (QED) is 0.588. The minimum atomic E-state index is 0.394. The minimum Gasteiger partial charge on any atom is -0.305 e. The van der Waals surface area contributed by atoms with Crippen LogP contribution in [-0.4, -0.2) is 30.8 Å². The van der Waals surface area contributed by atoms with Crippen molar-refractivity contribution in [2.24, 2.45) is 11.8 Å². The summed E-state index contributed by atoms with van der Waals surface area (Å²) in [5.74, 6) is 1.40. The summed E-state index contributed by atoms with van der Waals surface area (Å²) in [6, 6.07) is 0. The van der Waals surface area contributed by atoms with Crippen LogP contribution in [0.4, 0.5) is 0 Å². The van der Waals surface area contributed by atoms with E-state index >= 15 is 0 Å². The number of carbonyl (C=O) groups is 1. The number of nitrogens with zero attached hydrogens (tertiary/aromatic N) is 1. The van der Waals surface area contributed by atoms with Gasteiger partial charge in [0.2, 0.25) is 0 Å². The molecule has 1 heterocycles.